The van der Waals surface area contributed by atoms with Gasteiger partial charge in [0.05, 0.1) is 11.6 Å². The van der Waals surface area contributed by atoms with Crippen molar-refractivity contribution in [2.45, 2.75) is 38.6 Å². The molecule has 132 valence electrons. The second-order valence-corrected chi connectivity index (χ2v) is 6.17. The Bertz CT molecular complexity index is 767. The van der Waals surface area contributed by atoms with E-state index in [-0.39, 0.29) is 18.0 Å². The van der Waals surface area contributed by atoms with Gasteiger partial charge in [0.15, 0.2) is 5.82 Å². The minimum atomic E-state index is -0.752. The lowest BCUT2D eigenvalue weighted by molar-refractivity contribution is -0.142. The summed E-state index contributed by atoms with van der Waals surface area (Å²) in [5, 5.41) is 26.1. The first-order chi connectivity index (χ1) is 12.0. The number of nitrogens with one attached hydrogen (secondary N) is 2. The molecule has 1 aromatic heterocycles. The Morgan fingerprint density at radius 1 is 1.24 bits per heavy atom. The third kappa shape index (κ3) is 4.11. The smallest absolute Gasteiger partial charge is 0.319 e. The van der Waals surface area contributed by atoms with Crippen LogP contribution in [0.25, 0.3) is 5.69 Å². The van der Waals surface area contributed by atoms with E-state index >= 15 is 0 Å². The van der Waals surface area contributed by atoms with E-state index in [0.29, 0.717) is 37.2 Å². The van der Waals surface area contributed by atoms with E-state index in [2.05, 4.69) is 26.2 Å². The summed E-state index contributed by atoms with van der Waals surface area (Å²) in [6.07, 6.45) is 2.53. The molecule has 0 spiro atoms. The zero-order valence-electron chi connectivity index (χ0n) is 13.8. The van der Waals surface area contributed by atoms with Gasteiger partial charge in [-0.05, 0) is 61.2 Å². The molecule has 1 heterocycles. The number of aromatic nitrogens is 4. The van der Waals surface area contributed by atoms with Gasteiger partial charge in [0.2, 0.25) is 0 Å². The molecule has 9 nitrogen and oxygen atoms in total. The molecule has 3 rings (SSSR count). The lowest BCUT2D eigenvalue weighted by Gasteiger charge is -2.26. The van der Waals surface area contributed by atoms with Crippen LogP contribution < -0.4 is 10.6 Å². The molecular weight excluding hydrogens is 324 g/mol. The van der Waals surface area contributed by atoms with Crippen LogP contribution >= 0.6 is 0 Å². The number of carbonyl (C=O) groups excluding carboxylic acids is 1. The van der Waals surface area contributed by atoms with Crippen LogP contribution in [0.1, 0.15) is 31.5 Å². The van der Waals surface area contributed by atoms with Gasteiger partial charge in [-0.1, -0.05) is 6.07 Å². The highest BCUT2D eigenvalue weighted by molar-refractivity contribution is 5.89. The number of nitrogens with zero attached hydrogens (tertiary/aromatic N) is 4. The number of hydrogen-bond donors (Lipinski definition) is 3. The number of amides is 2. The number of urea groups is 1. The molecule has 2 amide bonds. The van der Waals surface area contributed by atoms with Gasteiger partial charge in [-0.25, -0.2) is 4.79 Å². The van der Waals surface area contributed by atoms with Gasteiger partial charge in [-0.15, -0.1) is 5.10 Å². The lowest BCUT2D eigenvalue weighted by Crippen LogP contribution is -2.41. The van der Waals surface area contributed by atoms with Gasteiger partial charge in [0, 0.05) is 11.7 Å². The van der Waals surface area contributed by atoms with Crippen LogP contribution in [-0.4, -0.2) is 43.4 Å². The highest BCUT2D eigenvalue weighted by atomic mass is 16.4. The number of rotatable bonds is 4. The Kier molecular flexibility index (Phi) is 4.92. The van der Waals surface area contributed by atoms with E-state index < -0.39 is 5.97 Å². The Labute approximate surface area is 144 Å². The summed E-state index contributed by atoms with van der Waals surface area (Å²) in [6, 6.07) is 6.92. The third-order valence-corrected chi connectivity index (χ3v) is 4.39. The fourth-order valence-corrected chi connectivity index (χ4v) is 3.02. The molecule has 1 aliphatic carbocycles. The van der Waals surface area contributed by atoms with Crippen molar-refractivity contribution in [1.82, 2.24) is 25.5 Å². The summed E-state index contributed by atoms with van der Waals surface area (Å²) < 4.78 is 1.58. The molecule has 0 aliphatic heterocycles. The van der Waals surface area contributed by atoms with Gasteiger partial charge in [0.25, 0.3) is 0 Å². The molecule has 0 saturated heterocycles. The number of aliphatic carboxylic acids is 1. The number of hydrogen-bond acceptors (Lipinski definition) is 5. The molecule has 0 bridgehead atoms. The molecule has 1 aromatic carbocycles. The number of tetrazole rings is 1. The quantitative estimate of drug-likeness (QED) is 0.776. The SMILES string of the molecule is Cc1nnnn1-c1cccc(NC(=O)NC2CCC(C(=O)O)CC2)c1. The van der Waals surface area contributed by atoms with E-state index in [0.717, 1.165) is 5.69 Å². The third-order valence-electron chi connectivity index (χ3n) is 4.39. The molecule has 1 aliphatic rings. The first kappa shape index (κ1) is 16.9. The van der Waals surface area contributed by atoms with Gasteiger partial charge in [0.1, 0.15) is 0 Å². The van der Waals surface area contributed by atoms with Gasteiger partial charge >= 0.3 is 12.0 Å². The van der Waals surface area contributed by atoms with Crippen molar-refractivity contribution in [3.63, 3.8) is 0 Å². The van der Waals surface area contributed by atoms with E-state index in [1.165, 1.54) is 0 Å². The second-order valence-electron chi connectivity index (χ2n) is 6.17. The van der Waals surface area contributed by atoms with Gasteiger partial charge in [-0.3, -0.25) is 4.79 Å². The van der Waals surface area contributed by atoms with Crippen molar-refractivity contribution in [1.29, 1.82) is 0 Å². The summed E-state index contributed by atoms with van der Waals surface area (Å²) in [6.45, 7) is 1.79. The first-order valence-corrected chi connectivity index (χ1v) is 8.18. The topological polar surface area (TPSA) is 122 Å². The van der Waals surface area contributed by atoms with Crippen LogP contribution in [0.3, 0.4) is 0 Å². The van der Waals surface area contributed by atoms with E-state index in [9.17, 15) is 9.59 Å². The normalized spacial score (nSPS) is 20.0. The average molecular weight is 344 g/mol. The number of aryl methyl sites for hydroxylation is 1. The summed E-state index contributed by atoms with van der Waals surface area (Å²) in [5.74, 6) is -0.397. The van der Waals surface area contributed by atoms with E-state index in [4.69, 9.17) is 5.11 Å². The molecule has 9 heteroatoms. The van der Waals surface area contributed by atoms with Crippen LogP contribution in [-0.2, 0) is 4.79 Å². The van der Waals surface area contributed by atoms with Crippen LogP contribution in [0.15, 0.2) is 24.3 Å². The standard InChI is InChI=1S/C16H20N6O3/c1-10-19-20-21-22(10)14-4-2-3-13(9-14)18-16(25)17-12-7-5-11(6-8-12)15(23)24/h2-4,9,11-12H,5-8H2,1H3,(H,23,24)(H2,17,18,25). The predicted molar refractivity (Wildman–Crippen MR) is 89.4 cm³/mol. The van der Waals surface area contributed by atoms with Gasteiger partial charge < -0.3 is 15.7 Å². The maximum Gasteiger partial charge on any atom is 0.319 e. The van der Waals surface area contributed by atoms with E-state index in [1.807, 2.05) is 12.1 Å². The van der Waals surface area contributed by atoms with Crippen molar-refractivity contribution in [3.05, 3.63) is 30.1 Å². The largest absolute Gasteiger partial charge is 0.481 e. The minimum Gasteiger partial charge on any atom is -0.481 e. The maximum atomic E-state index is 12.2. The maximum absolute atomic E-state index is 12.2. The molecular formula is C16H20N6O3. The number of carbonyl (C=O) groups is 2. The van der Waals surface area contributed by atoms with Gasteiger partial charge in [-0.2, -0.15) is 4.68 Å². The molecule has 2 aromatic rings. The zero-order chi connectivity index (χ0) is 17.8. The second kappa shape index (κ2) is 7.29. The number of carboxylic acids is 1. The van der Waals surface area contributed by atoms with Crippen molar-refractivity contribution in [3.8, 4) is 5.69 Å². The predicted octanol–water partition coefficient (Wildman–Crippen LogP) is 1.74. The Balaban J connectivity index is 1.57. The fourth-order valence-electron chi connectivity index (χ4n) is 3.02. The van der Waals surface area contributed by atoms with Crippen molar-refractivity contribution >= 4 is 17.7 Å². The summed E-state index contributed by atoms with van der Waals surface area (Å²) in [4.78, 5) is 23.1. The number of benzene rings is 1. The lowest BCUT2D eigenvalue weighted by atomic mass is 9.86. The number of anilines is 1. The molecule has 0 atom stereocenters. The van der Waals surface area contributed by atoms with Crippen LogP contribution in [0.4, 0.5) is 10.5 Å². The Hall–Kier alpha value is -2.97. The van der Waals surface area contributed by atoms with Crippen LogP contribution in [0.5, 0.6) is 0 Å². The summed E-state index contributed by atoms with van der Waals surface area (Å²) in [5.41, 5.74) is 1.38. The monoisotopic (exact) mass is 344 g/mol. The zero-order valence-corrected chi connectivity index (χ0v) is 13.8. The Morgan fingerprint density at radius 3 is 2.64 bits per heavy atom. The minimum absolute atomic E-state index is 0.000502. The number of carboxylic acid groups (broad SMARTS) is 1. The van der Waals surface area contributed by atoms with Crippen LogP contribution in [0, 0.1) is 12.8 Å². The molecule has 3 N–H and O–H groups in total. The molecule has 1 saturated carbocycles. The van der Waals surface area contributed by atoms with E-state index in [1.54, 1.807) is 23.7 Å². The van der Waals surface area contributed by atoms with Crippen LogP contribution in [0.2, 0.25) is 0 Å². The average Bonchev–Trinajstić information content (AvgIpc) is 3.01. The first-order valence-electron chi connectivity index (χ1n) is 8.18. The van der Waals surface area contributed by atoms with Crippen molar-refractivity contribution in [2.75, 3.05) is 5.32 Å². The summed E-state index contributed by atoms with van der Waals surface area (Å²) >= 11 is 0. The highest BCUT2D eigenvalue weighted by Crippen LogP contribution is 2.24. The summed E-state index contributed by atoms with van der Waals surface area (Å²) in [7, 11) is 0. The fraction of sp³-hybridized carbons (Fsp3) is 0.438. The Morgan fingerprint density at radius 2 is 2.00 bits per heavy atom. The molecule has 1 fully saturated rings. The highest BCUT2D eigenvalue weighted by Gasteiger charge is 2.26. The van der Waals surface area contributed by atoms with Crippen molar-refractivity contribution < 1.29 is 14.7 Å². The molecule has 25 heavy (non-hydrogen) atoms. The van der Waals surface area contributed by atoms with Crippen molar-refractivity contribution in [2.24, 2.45) is 5.92 Å². The molecule has 0 unspecified atom stereocenters. The molecule has 0 radical (unpaired) electrons.